The second-order valence-electron chi connectivity index (χ2n) is 8.58. The van der Waals surface area contributed by atoms with E-state index in [1.54, 1.807) is 48.2 Å². The summed E-state index contributed by atoms with van der Waals surface area (Å²) < 4.78 is 44.5. The van der Waals surface area contributed by atoms with Crippen LogP contribution in [0.3, 0.4) is 0 Å². The van der Waals surface area contributed by atoms with E-state index < -0.39 is 27.9 Å². The third-order valence-corrected chi connectivity index (χ3v) is 7.93. The topological polar surface area (TPSA) is 156 Å². The number of nitrogens with one attached hydrogen (secondary N) is 2. The van der Waals surface area contributed by atoms with E-state index in [0.717, 1.165) is 9.87 Å². The van der Waals surface area contributed by atoms with Gasteiger partial charge in [0.1, 0.15) is 11.8 Å². The Balaban J connectivity index is 1.60. The van der Waals surface area contributed by atoms with Crippen molar-refractivity contribution >= 4 is 21.8 Å². The molecule has 1 aliphatic heterocycles. The van der Waals surface area contributed by atoms with Gasteiger partial charge in [0.25, 0.3) is 5.91 Å². The molecule has 3 aromatic rings. The molecule has 39 heavy (non-hydrogen) atoms. The van der Waals surface area contributed by atoms with Crippen LogP contribution in [-0.2, 0) is 32.7 Å². The molecular formula is C26H28N4O8S. The van der Waals surface area contributed by atoms with Crippen molar-refractivity contribution in [3.05, 3.63) is 78.1 Å². The Morgan fingerprint density at radius 2 is 1.87 bits per heavy atom. The molecule has 206 valence electrons. The minimum atomic E-state index is -4.30. The number of carbonyl (C=O) groups excluding carboxylic acids is 2. The monoisotopic (exact) mass is 556 g/mol. The molecule has 0 unspecified atom stereocenters. The lowest BCUT2D eigenvalue weighted by Crippen LogP contribution is -2.49. The van der Waals surface area contributed by atoms with Gasteiger partial charge in [-0.1, -0.05) is 12.1 Å². The van der Waals surface area contributed by atoms with Crippen molar-refractivity contribution in [2.45, 2.75) is 36.9 Å². The SMILES string of the molecule is COc1ccc(S(=O)(=O)N(Cc2ccc3c(c2)OCO3)[C@H](CCC(=O)NCc2cccnc2)C(=O)NO)cc1. The van der Waals surface area contributed by atoms with Crippen LogP contribution in [0.5, 0.6) is 17.2 Å². The van der Waals surface area contributed by atoms with Crippen LogP contribution in [0.1, 0.15) is 24.0 Å². The van der Waals surface area contributed by atoms with Gasteiger partial charge in [-0.15, -0.1) is 0 Å². The summed E-state index contributed by atoms with van der Waals surface area (Å²) in [6, 6.07) is 12.7. The quantitative estimate of drug-likeness (QED) is 0.224. The zero-order valence-electron chi connectivity index (χ0n) is 21.1. The number of hydrogen-bond acceptors (Lipinski definition) is 9. The molecule has 2 aromatic carbocycles. The van der Waals surface area contributed by atoms with E-state index in [2.05, 4.69) is 10.3 Å². The molecule has 1 atom stereocenters. The highest BCUT2D eigenvalue weighted by atomic mass is 32.2. The zero-order chi connectivity index (χ0) is 27.8. The molecule has 2 heterocycles. The Morgan fingerprint density at radius 3 is 2.56 bits per heavy atom. The molecule has 1 aliphatic rings. The molecule has 2 amide bonds. The third kappa shape index (κ3) is 6.82. The van der Waals surface area contributed by atoms with Crippen LogP contribution in [0.25, 0.3) is 0 Å². The van der Waals surface area contributed by atoms with Crippen LogP contribution >= 0.6 is 0 Å². The molecule has 0 saturated heterocycles. The molecule has 4 rings (SSSR count). The predicted molar refractivity (Wildman–Crippen MR) is 137 cm³/mol. The number of hydrogen-bond donors (Lipinski definition) is 3. The molecule has 0 spiro atoms. The number of hydroxylamine groups is 1. The lowest BCUT2D eigenvalue weighted by atomic mass is 10.1. The highest BCUT2D eigenvalue weighted by Gasteiger charge is 2.36. The summed E-state index contributed by atoms with van der Waals surface area (Å²) in [4.78, 5) is 29.3. The highest BCUT2D eigenvalue weighted by molar-refractivity contribution is 7.89. The van der Waals surface area contributed by atoms with Gasteiger partial charge in [-0.2, -0.15) is 4.31 Å². The number of fused-ring (bicyclic) bond motifs is 1. The summed E-state index contributed by atoms with van der Waals surface area (Å²) in [6.45, 7) is 0.00529. The molecule has 0 bridgehead atoms. The van der Waals surface area contributed by atoms with E-state index in [-0.39, 0.29) is 37.6 Å². The minimum absolute atomic E-state index is 0.0380. The van der Waals surface area contributed by atoms with Gasteiger partial charge in [-0.25, -0.2) is 13.9 Å². The number of nitrogens with zero attached hydrogens (tertiary/aromatic N) is 2. The smallest absolute Gasteiger partial charge is 0.261 e. The van der Waals surface area contributed by atoms with Gasteiger partial charge in [0.2, 0.25) is 22.7 Å². The lowest BCUT2D eigenvalue weighted by Gasteiger charge is -2.29. The van der Waals surface area contributed by atoms with Crippen molar-refractivity contribution in [3.63, 3.8) is 0 Å². The standard InChI is InChI=1S/C26H28N4O8S/c1-36-20-5-7-21(8-6-20)39(34,35)30(16-18-4-10-23-24(13-18)38-17-37-23)22(26(32)29-33)9-11-25(31)28-15-19-3-2-12-27-14-19/h2-8,10,12-14,22,33H,9,11,15-17H2,1H3,(H,28,31)(H,29,32)/t22-/m1/s1. The number of sulfonamides is 1. The Morgan fingerprint density at radius 1 is 1.10 bits per heavy atom. The van der Waals surface area contributed by atoms with Gasteiger partial charge in [-0.3, -0.25) is 19.8 Å². The number of pyridine rings is 1. The summed E-state index contributed by atoms with van der Waals surface area (Å²) >= 11 is 0. The van der Waals surface area contributed by atoms with Gasteiger partial charge in [-0.05, 0) is 60.0 Å². The molecule has 0 radical (unpaired) electrons. The first-order valence-corrected chi connectivity index (χ1v) is 13.4. The molecule has 13 heteroatoms. The highest BCUT2D eigenvalue weighted by Crippen LogP contribution is 2.34. The molecule has 0 saturated carbocycles. The van der Waals surface area contributed by atoms with Crippen molar-refractivity contribution < 1.29 is 37.4 Å². The van der Waals surface area contributed by atoms with Crippen LogP contribution in [-0.4, -0.2) is 54.7 Å². The van der Waals surface area contributed by atoms with Gasteiger partial charge in [0, 0.05) is 31.9 Å². The Hall–Kier alpha value is -4.20. The average Bonchev–Trinajstić information content (AvgIpc) is 3.44. The number of carbonyl (C=O) groups is 2. The summed E-state index contributed by atoms with van der Waals surface area (Å²) in [5, 5.41) is 12.2. The number of rotatable bonds is 12. The fraction of sp³-hybridized carbons (Fsp3) is 0.269. The molecule has 3 N–H and O–H groups in total. The molecule has 12 nitrogen and oxygen atoms in total. The van der Waals surface area contributed by atoms with Gasteiger partial charge >= 0.3 is 0 Å². The molecule has 0 aliphatic carbocycles. The first kappa shape index (κ1) is 27.8. The first-order chi connectivity index (χ1) is 18.8. The Labute approximate surface area is 225 Å². The minimum Gasteiger partial charge on any atom is -0.497 e. The van der Waals surface area contributed by atoms with Crippen LogP contribution in [0.2, 0.25) is 0 Å². The van der Waals surface area contributed by atoms with E-state index in [1.807, 2.05) is 0 Å². The molecular weight excluding hydrogens is 528 g/mol. The zero-order valence-corrected chi connectivity index (χ0v) is 21.9. The van der Waals surface area contributed by atoms with Crippen LogP contribution in [0.15, 0.2) is 71.9 Å². The number of aromatic nitrogens is 1. The number of amides is 2. The maximum Gasteiger partial charge on any atom is 0.261 e. The Bertz CT molecular complexity index is 1400. The second kappa shape index (κ2) is 12.6. The van der Waals surface area contributed by atoms with Crippen molar-refractivity contribution in [2.24, 2.45) is 0 Å². The normalized spacial score (nSPS) is 13.1. The van der Waals surface area contributed by atoms with E-state index >= 15 is 0 Å². The maximum absolute atomic E-state index is 13.8. The summed E-state index contributed by atoms with van der Waals surface area (Å²) in [5.41, 5.74) is 2.83. The second-order valence-corrected chi connectivity index (χ2v) is 10.5. The maximum atomic E-state index is 13.8. The number of methoxy groups -OCH3 is 1. The lowest BCUT2D eigenvalue weighted by molar-refractivity contribution is -0.133. The van der Waals surface area contributed by atoms with E-state index in [1.165, 1.54) is 31.4 Å². The van der Waals surface area contributed by atoms with Crippen molar-refractivity contribution in [1.82, 2.24) is 20.1 Å². The summed E-state index contributed by atoms with van der Waals surface area (Å²) in [5.74, 6) is 0.0176. The fourth-order valence-electron chi connectivity index (χ4n) is 4.00. The largest absolute Gasteiger partial charge is 0.497 e. The molecule has 1 aromatic heterocycles. The Kier molecular flexibility index (Phi) is 8.96. The van der Waals surface area contributed by atoms with Crippen LogP contribution < -0.4 is 25.0 Å². The number of benzene rings is 2. The van der Waals surface area contributed by atoms with Crippen molar-refractivity contribution in [1.29, 1.82) is 0 Å². The van der Waals surface area contributed by atoms with E-state index in [9.17, 15) is 23.2 Å². The fourth-order valence-corrected chi connectivity index (χ4v) is 5.61. The number of ether oxygens (including phenoxy) is 3. The summed E-state index contributed by atoms with van der Waals surface area (Å²) in [6.07, 6.45) is 2.83. The van der Waals surface area contributed by atoms with Gasteiger partial charge in [0.05, 0.1) is 12.0 Å². The first-order valence-electron chi connectivity index (χ1n) is 12.0. The molecule has 0 fully saturated rings. The van der Waals surface area contributed by atoms with Crippen molar-refractivity contribution in [2.75, 3.05) is 13.9 Å². The van der Waals surface area contributed by atoms with Gasteiger partial charge < -0.3 is 19.5 Å². The van der Waals surface area contributed by atoms with Crippen LogP contribution in [0, 0.1) is 0 Å². The van der Waals surface area contributed by atoms with Gasteiger partial charge in [0.15, 0.2) is 11.5 Å². The third-order valence-electron chi connectivity index (χ3n) is 6.06. The predicted octanol–water partition coefficient (Wildman–Crippen LogP) is 1.98. The van der Waals surface area contributed by atoms with Crippen LogP contribution in [0.4, 0.5) is 0 Å². The van der Waals surface area contributed by atoms with E-state index in [4.69, 9.17) is 14.2 Å². The van der Waals surface area contributed by atoms with Crippen molar-refractivity contribution in [3.8, 4) is 17.2 Å². The average molecular weight is 557 g/mol. The summed E-state index contributed by atoms with van der Waals surface area (Å²) in [7, 11) is -2.85. The van der Waals surface area contributed by atoms with E-state index in [0.29, 0.717) is 22.8 Å².